The number of aryl methyl sites for hydroxylation is 4. The van der Waals surface area contributed by atoms with Crippen molar-refractivity contribution in [2.24, 2.45) is 19.8 Å². The van der Waals surface area contributed by atoms with Crippen LogP contribution < -0.4 is 5.73 Å². The van der Waals surface area contributed by atoms with E-state index in [0.717, 1.165) is 39.8 Å². The van der Waals surface area contributed by atoms with Gasteiger partial charge in [-0.25, -0.2) is 0 Å². The van der Waals surface area contributed by atoms with E-state index in [4.69, 9.17) is 17.3 Å². The lowest BCUT2D eigenvalue weighted by atomic mass is 10.0. The second kappa shape index (κ2) is 5.58. The molecular formula is C14H22ClN5. The highest BCUT2D eigenvalue weighted by molar-refractivity contribution is 6.31. The van der Waals surface area contributed by atoms with Crippen molar-refractivity contribution in [3.05, 3.63) is 33.4 Å². The Morgan fingerprint density at radius 3 is 2.30 bits per heavy atom. The lowest BCUT2D eigenvalue weighted by Crippen LogP contribution is -2.17. The maximum atomic E-state index is 6.39. The van der Waals surface area contributed by atoms with Crippen LogP contribution in [0.2, 0.25) is 5.02 Å². The van der Waals surface area contributed by atoms with Crippen LogP contribution in [0.4, 0.5) is 0 Å². The van der Waals surface area contributed by atoms with Crippen LogP contribution in [0, 0.1) is 13.8 Å². The van der Waals surface area contributed by atoms with E-state index in [1.807, 2.05) is 44.2 Å². The summed E-state index contributed by atoms with van der Waals surface area (Å²) >= 11 is 6.39. The van der Waals surface area contributed by atoms with Crippen molar-refractivity contribution in [1.29, 1.82) is 0 Å². The molecule has 1 atom stereocenters. The first-order valence-electron chi connectivity index (χ1n) is 6.82. The fourth-order valence-corrected chi connectivity index (χ4v) is 3.05. The maximum Gasteiger partial charge on any atom is 0.0850 e. The van der Waals surface area contributed by atoms with E-state index in [1.165, 1.54) is 0 Å². The minimum absolute atomic E-state index is 0.124. The van der Waals surface area contributed by atoms with E-state index in [2.05, 4.69) is 10.2 Å². The molecule has 2 N–H and O–H groups in total. The Labute approximate surface area is 124 Å². The summed E-state index contributed by atoms with van der Waals surface area (Å²) in [6, 6.07) is -0.124. The highest BCUT2D eigenvalue weighted by atomic mass is 35.5. The zero-order chi connectivity index (χ0) is 15.0. The fourth-order valence-electron chi connectivity index (χ4n) is 2.68. The number of hydrogen-bond donors (Lipinski definition) is 1. The van der Waals surface area contributed by atoms with Gasteiger partial charge in [0.2, 0.25) is 0 Å². The van der Waals surface area contributed by atoms with Crippen LogP contribution in [0.25, 0.3) is 0 Å². The molecule has 0 fully saturated rings. The predicted octanol–water partition coefficient (Wildman–Crippen LogP) is 2.23. The fraction of sp³-hybridized carbons (Fsp3) is 0.571. The lowest BCUT2D eigenvalue weighted by Gasteiger charge is -2.13. The van der Waals surface area contributed by atoms with Crippen LogP contribution in [0.5, 0.6) is 0 Å². The van der Waals surface area contributed by atoms with Gasteiger partial charge in [-0.2, -0.15) is 10.2 Å². The first-order chi connectivity index (χ1) is 9.36. The molecule has 0 aliphatic heterocycles. The molecule has 2 rings (SSSR count). The van der Waals surface area contributed by atoms with Crippen LogP contribution in [-0.2, 0) is 26.9 Å². The van der Waals surface area contributed by atoms with Gasteiger partial charge in [-0.05, 0) is 20.3 Å². The van der Waals surface area contributed by atoms with Crippen LogP contribution >= 0.6 is 11.6 Å². The Morgan fingerprint density at radius 2 is 1.85 bits per heavy atom. The molecule has 5 nitrogen and oxygen atoms in total. The Hall–Kier alpha value is -1.33. The van der Waals surface area contributed by atoms with Gasteiger partial charge in [-0.15, -0.1) is 0 Å². The molecule has 0 aliphatic rings. The zero-order valence-electron chi connectivity index (χ0n) is 12.7. The molecule has 20 heavy (non-hydrogen) atoms. The van der Waals surface area contributed by atoms with Gasteiger partial charge in [0, 0.05) is 37.8 Å². The van der Waals surface area contributed by atoms with Gasteiger partial charge < -0.3 is 5.73 Å². The first kappa shape index (κ1) is 15.1. The molecule has 2 heterocycles. The van der Waals surface area contributed by atoms with Crippen molar-refractivity contribution in [3.63, 3.8) is 0 Å². The second-order valence-corrected chi connectivity index (χ2v) is 5.58. The van der Waals surface area contributed by atoms with E-state index >= 15 is 0 Å². The number of aromatic nitrogens is 4. The first-order valence-corrected chi connectivity index (χ1v) is 7.20. The van der Waals surface area contributed by atoms with Gasteiger partial charge in [-0.3, -0.25) is 9.36 Å². The monoisotopic (exact) mass is 295 g/mol. The number of nitrogens with zero attached hydrogens (tertiary/aromatic N) is 4. The van der Waals surface area contributed by atoms with Crippen molar-refractivity contribution in [2.45, 2.75) is 39.7 Å². The summed E-state index contributed by atoms with van der Waals surface area (Å²) < 4.78 is 3.70. The van der Waals surface area contributed by atoms with E-state index in [1.54, 1.807) is 0 Å². The van der Waals surface area contributed by atoms with Gasteiger partial charge >= 0.3 is 0 Å². The molecule has 2 aromatic rings. The lowest BCUT2D eigenvalue weighted by molar-refractivity contribution is 0.632. The van der Waals surface area contributed by atoms with Gasteiger partial charge in [-0.1, -0.05) is 18.5 Å². The summed E-state index contributed by atoms with van der Waals surface area (Å²) in [5.41, 5.74) is 11.5. The van der Waals surface area contributed by atoms with Crippen LogP contribution in [0.3, 0.4) is 0 Å². The third-order valence-electron chi connectivity index (χ3n) is 3.85. The quantitative estimate of drug-likeness (QED) is 0.941. The summed E-state index contributed by atoms with van der Waals surface area (Å²) in [6.45, 7) is 6.08. The van der Waals surface area contributed by atoms with E-state index in [-0.39, 0.29) is 6.04 Å². The summed E-state index contributed by atoms with van der Waals surface area (Å²) in [7, 11) is 3.85. The summed E-state index contributed by atoms with van der Waals surface area (Å²) in [4.78, 5) is 0. The average Bonchev–Trinajstić information content (AvgIpc) is 2.79. The highest BCUT2D eigenvalue weighted by Gasteiger charge is 2.21. The third-order valence-corrected chi connectivity index (χ3v) is 4.29. The molecule has 0 saturated carbocycles. The van der Waals surface area contributed by atoms with Crippen molar-refractivity contribution in [1.82, 2.24) is 19.6 Å². The van der Waals surface area contributed by atoms with Crippen LogP contribution in [0.15, 0.2) is 0 Å². The van der Waals surface area contributed by atoms with Crippen molar-refractivity contribution >= 4 is 11.6 Å². The minimum Gasteiger partial charge on any atom is -0.324 e. The SMILES string of the molecule is CCc1nn(C)c(CC(N)c2c(C)nn(C)c2C)c1Cl. The molecule has 0 aliphatic carbocycles. The molecule has 6 heteroatoms. The molecule has 0 aromatic carbocycles. The van der Waals surface area contributed by atoms with Gasteiger partial charge in [0.05, 0.1) is 22.1 Å². The molecule has 0 saturated heterocycles. The second-order valence-electron chi connectivity index (χ2n) is 5.20. The van der Waals surface area contributed by atoms with Crippen LogP contribution in [-0.4, -0.2) is 19.6 Å². The summed E-state index contributed by atoms with van der Waals surface area (Å²) in [5.74, 6) is 0. The van der Waals surface area contributed by atoms with E-state index in [0.29, 0.717) is 6.42 Å². The highest BCUT2D eigenvalue weighted by Crippen LogP contribution is 2.27. The molecule has 2 aromatic heterocycles. The molecule has 110 valence electrons. The van der Waals surface area contributed by atoms with Gasteiger partial charge in [0.25, 0.3) is 0 Å². The Balaban J connectivity index is 2.32. The summed E-state index contributed by atoms with van der Waals surface area (Å²) in [5, 5.41) is 9.59. The third kappa shape index (κ3) is 2.47. The smallest absolute Gasteiger partial charge is 0.0850 e. The zero-order valence-corrected chi connectivity index (χ0v) is 13.5. The van der Waals surface area contributed by atoms with E-state index in [9.17, 15) is 0 Å². The van der Waals surface area contributed by atoms with E-state index < -0.39 is 0 Å². The molecule has 0 radical (unpaired) electrons. The standard InChI is InChI=1S/C14H22ClN5/c1-6-11-14(15)12(20(5)18-11)7-10(16)13-8(2)17-19(4)9(13)3/h10H,6-7,16H2,1-5H3. The molecule has 0 bridgehead atoms. The van der Waals surface area contributed by atoms with Crippen molar-refractivity contribution < 1.29 is 0 Å². The maximum absolute atomic E-state index is 6.39. The molecule has 0 spiro atoms. The van der Waals surface area contributed by atoms with Gasteiger partial charge in [0.15, 0.2) is 0 Å². The van der Waals surface area contributed by atoms with Crippen LogP contribution in [0.1, 0.15) is 41.3 Å². The topological polar surface area (TPSA) is 61.7 Å². The number of halogens is 1. The number of nitrogens with two attached hydrogens (primary N) is 1. The normalized spacial score (nSPS) is 12.9. The Kier molecular flexibility index (Phi) is 4.20. The Morgan fingerprint density at radius 1 is 1.20 bits per heavy atom. The average molecular weight is 296 g/mol. The molecular weight excluding hydrogens is 274 g/mol. The largest absolute Gasteiger partial charge is 0.324 e. The minimum atomic E-state index is -0.124. The Bertz CT molecular complexity index is 626. The van der Waals surface area contributed by atoms with Crippen molar-refractivity contribution in [3.8, 4) is 0 Å². The predicted molar refractivity (Wildman–Crippen MR) is 80.9 cm³/mol. The number of rotatable bonds is 4. The molecule has 1 unspecified atom stereocenters. The summed E-state index contributed by atoms with van der Waals surface area (Å²) in [6.07, 6.45) is 1.49. The number of hydrogen-bond acceptors (Lipinski definition) is 3. The molecule has 0 amide bonds. The van der Waals surface area contributed by atoms with Gasteiger partial charge in [0.1, 0.15) is 0 Å². The van der Waals surface area contributed by atoms with Crippen molar-refractivity contribution in [2.75, 3.05) is 0 Å².